The maximum absolute atomic E-state index is 12.8. The summed E-state index contributed by atoms with van der Waals surface area (Å²) in [6.07, 6.45) is 2.31. The number of hydrogen-bond acceptors (Lipinski definition) is 2. The number of rotatable bonds is 4. The quantitative estimate of drug-likeness (QED) is 0.918. The number of carboxylic acid groups (broad SMARTS) is 1. The highest BCUT2D eigenvalue weighted by Gasteiger charge is 2.48. The largest absolute Gasteiger partial charge is 0.481 e. The van der Waals surface area contributed by atoms with E-state index in [9.17, 15) is 14.7 Å². The molecule has 2 fully saturated rings. The van der Waals surface area contributed by atoms with E-state index in [1.165, 1.54) is 11.1 Å². The topological polar surface area (TPSA) is 57.6 Å². The summed E-state index contributed by atoms with van der Waals surface area (Å²) >= 11 is 0. The van der Waals surface area contributed by atoms with Gasteiger partial charge in [-0.15, -0.1) is 0 Å². The molecule has 1 aliphatic heterocycles. The van der Waals surface area contributed by atoms with Crippen molar-refractivity contribution < 1.29 is 14.7 Å². The number of carbonyl (C=O) groups excluding carboxylic acids is 1. The van der Waals surface area contributed by atoms with Gasteiger partial charge in [0.2, 0.25) is 5.91 Å². The fraction of sp³-hybridized carbons (Fsp3) is 0.600. The first-order valence-corrected chi connectivity index (χ1v) is 8.94. The molecular weight excluding hydrogens is 302 g/mol. The summed E-state index contributed by atoms with van der Waals surface area (Å²) in [7, 11) is 0. The zero-order valence-corrected chi connectivity index (χ0v) is 14.8. The minimum Gasteiger partial charge on any atom is -0.481 e. The summed E-state index contributed by atoms with van der Waals surface area (Å²) in [6, 6.07) is 8.60. The summed E-state index contributed by atoms with van der Waals surface area (Å²) in [5, 5.41) is 9.41. The minimum absolute atomic E-state index is 0.0334. The third-order valence-corrected chi connectivity index (χ3v) is 5.66. The Balaban J connectivity index is 1.64. The first-order chi connectivity index (χ1) is 11.3. The molecule has 24 heavy (non-hydrogen) atoms. The molecule has 1 aliphatic carbocycles. The molecule has 3 rings (SSSR count). The zero-order valence-electron chi connectivity index (χ0n) is 14.8. The van der Waals surface area contributed by atoms with Crippen LogP contribution in [0.25, 0.3) is 0 Å². The van der Waals surface area contributed by atoms with E-state index in [-0.39, 0.29) is 11.8 Å². The Bertz CT molecular complexity index is 637. The SMILES string of the molecule is CC(C)c1ccc(C2CC2C(=O)N2CCCC(C)(C(=O)O)C2)cc1. The van der Waals surface area contributed by atoms with Crippen LogP contribution in [-0.2, 0) is 9.59 Å². The van der Waals surface area contributed by atoms with Gasteiger partial charge in [0.25, 0.3) is 0 Å². The molecule has 1 aromatic carbocycles. The van der Waals surface area contributed by atoms with Gasteiger partial charge in [-0.1, -0.05) is 38.1 Å². The molecule has 4 heteroatoms. The van der Waals surface area contributed by atoms with Crippen LogP contribution >= 0.6 is 0 Å². The highest BCUT2D eigenvalue weighted by Crippen LogP contribution is 2.49. The minimum atomic E-state index is -0.795. The predicted molar refractivity (Wildman–Crippen MR) is 92.9 cm³/mol. The molecule has 1 N–H and O–H groups in total. The van der Waals surface area contributed by atoms with E-state index in [2.05, 4.69) is 38.1 Å². The molecule has 4 nitrogen and oxygen atoms in total. The average molecular weight is 329 g/mol. The van der Waals surface area contributed by atoms with Gasteiger partial charge in [-0.25, -0.2) is 0 Å². The Labute approximate surface area is 143 Å². The third kappa shape index (κ3) is 3.19. The number of amides is 1. The van der Waals surface area contributed by atoms with Crippen LogP contribution in [-0.4, -0.2) is 35.0 Å². The first-order valence-electron chi connectivity index (χ1n) is 8.94. The van der Waals surface area contributed by atoms with Gasteiger partial charge in [0, 0.05) is 19.0 Å². The lowest BCUT2D eigenvalue weighted by atomic mass is 9.82. The van der Waals surface area contributed by atoms with Crippen molar-refractivity contribution in [1.82, 2.24) is 4.90 Å². The molecule has 1 saturated carbocycles. The molecule has 1 aromatic rings. The van der Waals surface area contributed by atoms with Crippen LogP contribution in [0.5, 0.6) is 0 Å². The van der Waals surface area contributed by atoms with Crippen molar-refractivity contribution in [3.63, 3.8) is 0 Å². The lowest BCUT2D eigenvalue weighted by Crippen LogP contribution is -2.49. The Morgan fingerprint density at radius 3 is 2.50 bits per heavy atom. The molecule has 130 valence electrons. The maximum atomic E-state index is 12.8. The number of piperidine rings is 1. The summed E-state index contributed by atoms with van der Waals surface area (Å²) in [5.74, 6) is 0.192. The lowest BCUT2D eigenvalue weighted by molar-refractivity contribution is -0.153. The number of hydrogen-bond donors (Lipinski definition) is 1. The van der Waals surface area contributed by atoms with Crippen LogP contribution < -0.4 is 0 Å². The molecule has 1 amide bonds. The Morgan fingerprint density at radius 2 is 1.92 bits per heavy atom. The van der Waals surface area contributed by atoms with Gasteiger partial charge in [0.15, 0.2) is 0 Å². The highest BCUT2D eigenvalue weighted by molar-refractivity contribution is 5.84. The average Bonchev–Trinajstić information content (AvgIpc) is 3.35. The molecule has 2 aliphatic rings. The molecule has 0 aromatic heterocycles. The smallest absolute Gasteiger partial charge is 0.311 e. The van der Waals surface area contributed by atoms with Crippen LogP contribution in [0.1, 0.15) is 63.0 Å². The molecule has 1 heterocycles. The number of carboxylic acids is 1. The Kier molecular flexibility index (Phi) is 4.41. The van der Waals surface area contributed by atoms with E-state index in [1.807, 2.05) is 0 Å². The van der Waals surface area contributed by atoms with Gasteiger partial charge in [0.05, 0.1) is 5.41 Å². The lowest BCUT2D eigenvalue weighted by Gasteiger charge is -2.37. The van der Waals surface area contributed by atoms with Crippen molar-refractivity contribution in [1.29, 1.82) is 0 Å². The van der Waals surface area contributed by atoms with Crippen molar-refractivity contribution in [3.8, 4) is 0 Å². The highest BCUT2D eigenvalue weighted by atomic mass is 16.4. The van der Waals surface area contributed by atoms with E-state index in [0.717, 1.165) is 12.8 Å². The number of aliphatic carboxylic acids is 1. The number of nitrogens with zero attached hydrogens (tertiary/aromatic N) is 1. The molecule has 1 saturated heterocycles. The van der Waals surface area contributed by atoms with E-state index in [4.69, 9.17) is 0 Å². The van der Waals surface area contributed by atoms with Crippen molar-refractivity contribution in [3.05, 3.63) is 35.4 Å². The second kappa shape index (κ2) is 6.23. The number of benzene rings is 1. The van der Waals surface area contributed by atoms with E-state index < -0.39 is 11.4 Å². The standard InChI is InChI=1S/C20H27NO3/c1-13(2)14-5-7-15(8-6-14)16-11-17(16)18(22)21-10-4-9-20(3,12-21)19(23)24/h5-8,13,16-17H,4,9-12H2,1-3H3,(H,23,24). The van der Waals surface area contributed by atoms with Crippen molar-refractivity contribution in [2.24, 2.45) is 11.3 Å². The van der Waals surface area contributed by atoms with Crippen LogP contribution in [0.4, 0.5) is 0 Å². The van der Waals surface area contributed by atoms with Crippen LogP contribution in [0, 0.1) is 11.3 Å². The van der Waals surface area contributed by atoms with Gasteiger partial charge in [-0.05, 0) is 49.1 Å². The number of carbonyl (C=O) groups is 2. The van der Waals surface area contributed by atoms with Gasteiger partial charge in [-0.2, -0.15) is 0 Å². The van der Waals surface area contributed by atoms with E-state index in [0.29, 0.717) is 31.3 Å². The second-order valence-corrected chi connectivity index (χ2v) is 8.00. The predicted octanol–water partition coefficient (Wildman–Crippen LogP) is 3.63. The van der Waals surface area contributed by atoms with Crippen molar-refractivity contribution >= 4 is 11.9 Å². The molecule has 0 radical (unpaired) electrons. The molecule has 3 unspecified atom stereocenters. The monoisotopic (exact) mass is 329 g/mol. The maximum Gasteiger partial charge on any atom is 0.311 e. The fourth-order valence-corrected chi connectivity index (χ4v) is 3.80. The van der Waals surface area contributed by atoms with E-state index in [1.54, 1.807) is 11.8 Å². The van der Waals surface area contributed by atoms with Crippen molar-refractivity contribution in [2.45, 2.75) is 51.9 Å². The van der Waals surface area contributed by atoms with Gasteiger partial charge in [-0.3, -0.25) is 9.59 Å². The summed E-state index contributed by atoms with van der Waals surface area (Å²) in [4.78, 5) is 26.0. The number of likely N-dealkylation sites (tertiary alicyclic amines) is 1. The van der Waals surface area contributed by atoms with Crippen LogP contribution in [0.2, 0.25) is 0 Å². The Hall–Kier alpha value is -1.84. The summed E-state index contributed by atoms with van der Waals surface area (Å²) in [5.41, 5.74) is 1.75. The van der Waals surface area contributed by atoms with Crippen LogP contribution in [0.15, 0.2) is 24.3 Å². The van der Waals surface area contributed by atoms with Crippen LogP contribution in [0.3, 0.4) is 0 Å². The van der Waals surface area contributed by atoms with Gasteiger partial charge in [0.1, 0.15) is 0 Å². The first kappa shape index (κ1) is 17.0. The second-order valence-electron chi connectivity index (χ2n) is 8.00. The summed E-state index contributed by atoms with van der Waals surface area (Å²) in [6.45, 7) is 7.14. The van der Waals surface area contributed by atoms with Gasteiger partial charge < -0.3 is 10.0 Å². The molecule has 0 bridgehead atoms. The fourth-order valence-electron chi connectivity index (χ4n) is 3.80. The van der Waals surface area contributed by atoms with Crippen molar-refractivity contribution in [2.75, 3.05) is 13.1 Å². The van der Waals surface area contributed by atoms with E-state index >= 15 is 0 Å². The zero-order chi connectivity index (χ0) is 17.5. The Morgan fingerprint density at radius 1 is 1.25 bits per heavy atom. The van der Waals surface area contributed by atoms with Gasteiger partial charge >= 0.3 is 5.97 Å². The summed E-state index contributed by atoms with van der Waals surface area (Å²) < 4.78 is 0. The molecule has 0 spiro atoms. The molecule has 3 atom stereocenters. The normalized spacial score (nSPS) is 29.6. The molecular formula is C20H27NO3. The third-order valence-electron chi connectivity index (χ3n) is 5.66.